The van der Waals surface area contributed by atoms with Crippen molar-refractivity contribution < 1.29 is 9.90 Å². The molecule has 0 aliphatic rings. The predicted octanol–water partition coefficient (Wildman–Crippen LogP) is 2.29. The molecule has 0 aliphatic carbocycles. The van der Waals surface area contributed by atoms with E-state index in [9.17, 15) is 9.90 Å². The standard InChI is InChI=1S/C11H14BrIN2O2/c1-2-9(15-10(16)5-14)7-3-6(12)4-8(13)11(7)17/h3-4,9,17H,2,5,14H2,1H3,(H,15,16). The first kappa shape index (κ1) is 14.7. The second kappa shape index (κ2) is 6.55. The molecule has 0 saturated heterocycles. The van der Waals surface area contributed by atoms with Crippen molar-refractivity contribution in [3.63, 3.8) is 0 Å². The number of phenols is 1. The summed E-state index contributed by atoms with van der Waals surface area (Å²) >= 11 is 5.43. The Balaban J connectivity index is 3.07. The molecule has 1 aromatic carbocycles. The molecular formula is C11H14BrIN2O2. The Kier molecular flexibility index (Phi) is 5.68. The van der Waals surface area contributed by atoms with Gasteiger partial charge >= 0.3 is 0 Å². The van der Waals surface area contributed by atoms with Crippen LogP contribution in [0.2, 0.25) is 0 Å². The van der Waals surface area contributed by atoms with Gasteiger partial charge in [-0.05, 0) is 41.1 Å². The number of rotatable bonds is 4. The number of amides is 1. The fraction of sp³-hybridized carbons (Fsp3) is 0.364. The van der Waals surface area contributed by atoms with Gasteiger partial charge in [0.2, 0.25) is 5.91 Å². The summed E-state index contributed by atoms with van der Waals surface area (Å²) in [6, 6.07) is 3.40. The molecule has 1 atom stereocenters. The minimum absolute atomic E-state index is 0.0532. The first-order valence-corrected chi connectivity index (χ1v) is 7.04. The predicted molar refractivity (Wildman–Crippen MR) is 78.8 cm³/mol. The molecule has 1 unspecified atom stereocenters. The minimum Gasteiger partial charge on any atom is -0.506 e. The summed E-state index contributed by atoms with van der Waals surface area (Å²) in [6.07, 6.45) is 0.686. The van der Waals surface area contributed by atoms with E-state index < -0.39 is 0 Å². The van der Waals surface area contributed by atoms with Gasteiger partial charge < -0.3 is 16.2 Å². The van der Waals surface area contributed by atoms with Crippen molar-refractivity contribution in [1.82, 2.24) is 5.32 Å². The molecule has 0 saturated carbocycles. The molecule has 6 heteroatoms. The Morgan fingerprint density at radius 3 is 2.82 bits per heavy atom. The smallest absolute Gasteiger partial charge is 0.234 e. The number of nitrogens with one attached hydrogen (secondary N) is 1. The summed E-state index contributed by atoms with van der Waals surface area (Å²) in [4.78, 5) is 11.3. The van der Waals surface area contributed by atoms with Crippen LogP contribution in [0.25, 0.3) is 0 Å². The molecule has 0 fully saturated rings. The molecule has 0 spiro atoms. The fourth-order valence-electron chi connectivity index (χ4n) is 1.50. The Morgan fingerprint density at radius 1 is 1.65 bits per heavy atom. The zero-order valence-electron chi connectivity index (χ0n) is 9.34. The van der Waals surface area contributed by atoms with Gasteiger partial charge in [0.15, 0.2) is 0 Å². The Bertz CT molecular complexity index is 426. The maximum atomic E-state index is 11.3. The van der Waals surface area contributed by atoms with Gasteiger partial charge in [-0.15, -0.1) is 0 Å². The van der Waals surface area contributed by atoms with Crippen LogP contribution in [0.3, 0.4) is 0 Å². The molecule has 4 nitrogen and oxygen atoms in total. The third-order valence-electron chi connectivity index (χ3n) is 2.36. The van der Waals surface area contributed by atoms with Crippen molar-refractivity contribution in [1.29, 1.82) is 0 Å². The number of aromatic hydroxyl groups is 1. The second-order valence-corrected chi connectivity index (χ2v) is 5.64. The van der Waals surface area contributed by atoms with Crippen molar-refractivity contribution in [2.75, 3.05) is 6.54 Å². The van der Waals surface area contributed by atoms with E-state index in [0.717, 1.165) is 8.04 Å². The highest BCUT2D eigenvalue weighted by Crippen LogP contribution is 2.33. The third kappa shape index (κ3) is 3.82. The molecule has 17 heavy (non-hydrogen) atoms. The maximum absolute atomic E-state index is 11.3. The highest BCUT2D eigenvalue weighted by atomic mass is 127. The van der Waals surface area contributed by atoms with E-state index in [1.807, 2.05) is 19.1 Å². The third-order valence-corrected chi connectivity index (χ3v) is 3.64. The van der Waals surface area contributed by atoms with Gasteiger partial charge in [-0.2, -0.15) is 0 Å². The van der Waals surface area contributed by atoms with Crippen molar-refractivity contribution in [3.8, 4) is 5.75 Å². The fourth-order valence-corrected chi connectivity index (χ4v) is 3.05. The van der Waals surface area contributed by atoms with E-state index in [1.54, 1.807) is 0 Å². The van der Waals surface area contributed by atoms with E-state index in [-0.39, 0.29) is 24.2 Å². The lowest BCUT2D eigenvalue weighted by atomic mass is 10.0. The van der Waals surface area contributed by atoms with Gasteiger partial charge in [0.25, 0.3) is 0 Å². The molecule has 1 rings (SSSR count). The van der Waals surface area contributed by atoms with Gasteiger partial charge in [0.1, 0.15) is 5.75 Å². The second-order valence-electron chi connectivity index (χ2n) is 3.56. The maximum Gasteiger partial charge on any atom is 0.234 e. The first-order chi connectivity index (χ1) is 7.99. The number of carbonyl (C=O) groups excluding carboxylic acids is 1. The number of carbonyl (C=O) groups is 1. The summed E-state index contributed by atoms with van der Waals surface area (Å²) in [5.74, 6) is -0.0239. The lowest BCUT2D eigenvalue weighted by Gasteiger charge is -2.19. The molecule has 1 aromatic rings. The number of hydrogen-bond acceptors (Lipinski definition) is 3. The average molecular weight is 413 g/mol. The number of phenolic OH excluding ortho intramolecular Hbond substituents is 1. The average Bonchev–Trinajstić information content (AvgIpc) is 2.30. The van der Waals surface area contributed by atoms with Crippen LogP contribution in [0.15, 0.2) is 16.6 Å². The quantitative estimate of drug-likeness (QED) is 0.664. The SMILES string of the molecule is CCC(NC(=O)CN)c1cc(Br)cc(I)c1O. The van der Waals surface area contributed by atoms with Crippen molar-refractivity contribution >= 4 is 44.4 Å². The van der Waals surface area contributed by atoms with Gasteiger partial charge in [0, 0.05) is 10.0 Å². The molecule has 1 amide bonds. The van der Waals surface area contributed by atoms with E-state index in [4.69, 9.17) is 5.73 Å². The van der Waals surface area contributed by atoms with Crippen LogP contribution in [0.4, 0.5) is 0 Å². The van der Waals surface area contributed by atoms with Gasteiger partial charge in [0.05, 0.1) is 16.2 Å². The summed E-state index contributed by atoms with van der Waals surface area (Å²) in [5.41, 5.74) is 5.97. The summed E-state index contributed by atoms with van der Waals surface area (Å²) in [6.45, 7) is 1.89. The Labute approximate surface area is 122 Å². The van der Waals surface area contributed by atoms with E-state index >= 15 is 0 Å². The highest BCUT2D eigenvalue weighted by molar-refractivity contribution is 14.1. The largest absolute Gasteiger partial charge is 0.506 e. The summed E-state index contributed by atoms with van der Waals surface area (Å²) < 4.78 is 1.61. The molecule has 0 bridgehead atoms. The number of nitrogens with two attached hydrogens (primary N) is 1. The Hall–Kier alpha value is -0.340. The topological polar surface area (TPSA) is 75.4 Å². The molecule has 0 radical (unpaired) electrons. The van der Waals surface area contributed by atoms with Crippen LogP contribution in [0, 0.1) is 3.57 Å². The van der Waals surface area contributed by atoms with Gasteiger partial charge in [-0.25, -0.2) is 0 Å². The van der Waals surface area contributed by atoms with Crippen LogP contribution in [0.1, 0.15) is 24.9 Å². The molecule has 0 heterocycles. The molecule has 94 valence electrons. The van der Waals surface area contributed by atoms with Crippen molar-refractivity contribution in [2.45, 2.75) is 19.4 Å². The van der Waals surface area contributed by atoms with Crippen LogP contribution in [-0.2, 0) is 4.79 Å². The van der Waals surface area contributed by atoms with E-state index in [1.165, 1.54) is 0 Å². The summed E-state index contributed by atoms with van der Waals surface area (Å²) in [7, 11) is 0. The lowest BCUT2D eigenvalue weighted by Crippen LogP contribution is -2.33. The van der Waals surface area contributed by atoms with Crippen LogP contribution < -0.4 is 11.1 Å². The number of hydrogen-bond donors (Lipinski definition) is 3. The number of halogens is 2. The van der Waals surface area contributed by atoms with Gasteiger partial charge in [-0.1, -0.05) is 22.9 Å². The molecule has 4 N–H and O–H groups in total. The highest BCUT2D eigenvalue weighted by Gasteiger charge is 2.17. The lowest BCUT2D eigenvalue weighted by molar-refractivity contribution is -0.120. The normalized spacial score (nSPS) is 12.2. The van der Waals surface area contributed by atoms with Crippen LogP contribution >= 0.6 is 38.5 Å². The Morgan fingerprint density at radius 2 is 2.29 bits per heavy atom. The molecule has 0 aliphatic heterocycles. The molecular weight excluding hydrogens is 399 g/mol. The van der Waals surface area contributed by atoms with E-state index in [0.29, 0.717) is 12.0 Å². The number of benzene rings is 1. The molecule has 0 aromatic heterocycles. The van der Waals surface area contributed by atoms with E-state index in [2.05, 4.69) is 43.8 Å². The first-order valence-electron chi connectivity index (χ1n) is 5.16. The van der Waals surface area contributed by atoms with Crippen molar-refractivity contribution in [2.24, 2.45) is 5.73 Å². The van der Waals surface area contributed by atoms with Gasteiger partial charge in [-0.3, -0.25) is 4.79 Å². The zero-order chi connectivity index (χ0) is 13.0. The minimum atomic E-state index is -0.230. The monoisotopic (exact) mass is 412 g/mol. The van der Waals surface area contributed by atoms with Crippen molar-refractivity contribution in [3.05, 3.63) is 25.7 Å². The summed E-state index contributed by atoms with van der Waals surface area (Å²) in [5, 5.41) is 12.8. The van der Waals surface area contributed by atoms with Crippen LogP contribution in [-0.4, -0.2) is 17.6 Å². The zero-order valence-corrected chi connectivity index (χ0v) is 13.1. The van der Waals surface area contributed by atoms with Crippen LogP contribution in [0.5, 0.6) is 5.75 Å².